The van der Waals surface area contributed by atoms with Gasteiger partial charge in [0.05, 0.1) is 0 Å². The van der Waals surface area contributed by atoms with Crippen molar-refractivity contribution in [1.82, 2.24) is 0 Å². The Bertz CT molecular complexity index is 385. The fourth-order valence-corrected chi connectivity index (χ4v) is 3.02. The standard InChI is InChI=1S/C17H27N/c1-12-5-10-16(18)15(11-12)13-6-8-14(9-7-13)17(2,3)4/h6-9,12,15-16H,5,10-11,18H2,1-4H3. The normalized spacial score (nSPS) is 29.3. The molecule has 0 amide bonds. The molecule has 1 nitrogen and oxygen atoms in total. The molecular weight excluding hydrogens is 218 g/mol. The lowest BCUT2D eigenvalue weighted by molar-refractivity contribution is 0.306. The highest BCUT2D eigenvalue weighted by Crippen LogP contribution is 2.36. The van der Waals surface area contributed by atoms with E-state index in [1.165, 1.54) is 30.4 Å². The van der Waals surface area contributed by atoms with Gasteiger partial charge in [-0.05, 0) is 47.6 Å². The molecule has 1 aromatic carbocycles. The van der Waals surface area contributed by atoms with Crippen LogP contribution in [0.1, 0.15) is 64.0 Å². The summed E-state index contributed by atoms with van der Waals surface area (Å²) >= 11 is 0. The molecule has 100 valence electrons. The fraction of sp³-hybridized carbons (Fsp3) is 0.647. The number of hydrogen-bond donors (Lipinski definition) is 1. The number of nitrogens with two attached hydrogens (primary N) is 1. The summed E-state index contributed by atoms with van der Waals surface area (Å²) in [5.41, 5.74) is 9.37. The highest BCUT2D eigenvalue weighted by atomic mass is 14.7. The van der Waals surface area contributed by atoms with E-state index in [-0.39, 0.29) is 5.41 Å². The van der Waals surface area contributed by atoms with Gasteiger partial charge in [0, 0.05) is 6.04 Å². The SMILES string of the molecule is CC1CCC(N)C(c2ccc(C(C)(C)C)cc2)C1. The number of benzene rings is 1. The first-order valence-electron chi connectivity index (χ1n) is 7.24. The fourth-order valence-electron chi connectivity index (χ4n) is 3.02. The van der Waals surface area contributed by atoms with Crippen LogP contribution in [-0.2, 0) is 5.41 Å². The molecule has 3 atom stereocenters. The van der Waals surface area contributed by atoms with Crippen LogP contribution in [0.25, 0.3) is 0 Å². The maximum Gasteiger partial charge on any atom is 0.0108 e. The van der Waals surface area contributed by atoms with Gasteiger partial charge >= 0.3 is 0 Å². The highest BCUT2D eigenvalue weighted by molar-refractivity contribution is 5.30. The lowest BCUT2D eigenvalue weighted by atomic mass is 9.75. The molecule has 1 fully saturated rings. The molecular formula is C17H27N. The predicted octanol–water partition coefficient (Wildman–Crippen LogP) is 4.22. The summed E-state index contributed by atoms with van der Waals surface area (Å²) in [7, 11) is 0. The van der Waals surface area contributed by atoms with Gasteiger partial charge < -0.3 is 5.73 Å². The van der Waals surface area contributed by atoms with E-state index in [0.29, 0.717) is 12.0 Å². The lowest BCUT2D eigenvalue weighted by Crippen LogP contribution is -2.34. The first-order chi connectivity index (χ1) is 8.38. The molecule has 0 spiro atoms. The lowest BCUT2D eigenvalue weighted by Gasteiger charge is -2.33. The molecule has 1 saturated carbocycles. The van der Waals surface area contributed by atoms with E-state index in [9.17, 15) is 0 Å². The molecule has 3 unspecified atom stereocenters. The first-order valence-corrected chi connectivity index (χ1v) is 7.24. The molecule has 1 aliphatic carbocycles. The van der Waals surface area contributed by atoms with Crippen LogP contribution < -0.4 is 5.73 Å². The first kappa shape index (κ1) is 13.6. The van der Waals surface area contributed by atoms with Crippen molar-refractivity contribution in [1.29, 1.82) is 0 Å². The molecule has 18 heavy (non-hydrogen) atoms. The van der Waals surface area contributed by atoms with Crippen molar-refractivity contribution in [2.45, 2.75) is 64.3 Å². The third-order valence-electron chi connectivity index (χ3n) is 4.37. The number of hydrogen-bond acceptors (Lipinski definition) is 1. The van der Waals surface area contributed by atoms with Crippen LogP contribution in [0.4, 0.5) is 0 Å². The molecule has 0 radical (unpaired) electrons. The Morgan fingerprint density at radius 1 is 1.06 bits per heavy atom. The van der Waals surface area contributed by atoms with Crippen molar-refractivity contribution < 1.29 is 0 Å². The average molecular weight is 245 g/mol. The highest BCUT2D eigenvalue weighted by Gasteiger charge is 2.27. The summed E-state index contributed by atoms with van der Waals surface area (Å²) in [4.78, 5) is 0. The molecule has 0 bridgehead atoms. The van der Waals surface area contributed by atoms with Crippen LogP contribution >= 0.6 is 0 Å². The Kier molecular flexibility index (Phi) is 3.82. The van der Waals surface area contributed by atoms with Gasteiger partial charge in [-0.1, -0.05) is 52.0 Å². The van der Waals surface area contributed by atoms with Crippen molar-refractivity contribution in [3.05, 3.63) is 35.4 Å². The second-order valence-electron chi connectivity index (χ2n) is 7.06. The third-order valence-corrected chi connectivity index (χ3v) is 4.37. The quantitative estimate of drug-likeness (QED) is 0.788. The van der Waals surface area contributed by atoms with Crippen molar-refractivity contribution in [2.24, 2.45) is 11.7 Å². The second-order valence-corrected chi connectivity index (χ2v) is 7.06. The summed E-state index contributed by atoms with van der Waals surface area (Å²) in [6.07, 6.45) is 3.71. The van der Waals surface area contributed by atoms with Crippen LogP contribution in [0.2, 0.25) is 0 Å². The smallest absolute Gasteiger partial charge is 0.0108 e. The molecule has 2 N–H and O–H groups in total. The Hall–Kier alpha value is -0.820. The van der Waals surface area contributed by atoms with Gasteiger partial charge in [-0.3, -0.25) is 0 Å². The van der Waals surface area contributed by atoms with E-state index < -0.39 is 0 Å². The van der Waals surface area contributed by atoms with Gasteiger partial charge in [0.2, 0.25) is 0 Å². The third kappa shape index (κ3) is 2.95. The van der Waals surface area contributed by atoms with Crippen LogP contribution in [0.5, 0.6) is 0 Å². The molecule has 0 aromatic heterocycles. The van der Waals surface area contributed by atoms with E-state index in [1.54, 1.807) is 0 Å². The molecule has 0 saturated heterocycles. The van der Waals surface area contributed by atoms with Crippen molar-refractivity contribution in [2.75, 3.05) is 0 Å². The molecule has 0 aliphatic heterocycles. The van der Waals surface area contributed by atoms with Gasteiger partial charge in [0.1, 0.15) is 0 Å². The van der Waals surface area contributed by atoms with Gasteiger partial charge in [-0.2, -0.15) is 0 Å². The van der Waals surface area contributed by atoms with E-state index in [1.807, 2.05) is 0 Å². The Morgan fingerprint density at radius 2 is 1.67 bits per heavy atom. The zero-order valence-electron chi connectivity index (χ0n) is 12.2. The maximum absolute atomic E-state index is 6.30. The molecule has 0 heterocycles. The Labute approximate surface area is 112 Å². The molecule has 1 aromatic rings. The topological polar surface area (TPSA) is 26.0 Å². The Morgan fingerprint density at radius 3 is 2.22 bits per heavy atom. The van der Waals surface area contributed by atoms with Crippen LogP contribution in [0.3, 0.4) is 0 Å². The van der Waals surface area contributed by atoms with Crippen LogP contribution in [0, 0.1) is 5.92 Å². The summed E-state index contributed by atoms with van der Waals surface area (Å²) in [5, 5.41) is 0. The van der Waals surface area contributed by atoms with Crippen molar-refractivity contribution in [3.63, 3.8) is 0 Å². The van der Waals surface area contributed by atoms with Crippen LogP contribution in [-0.4, -0.2) is 6.04 Å². The minimum atomic E-state index is 0.237. The van der Waals surface area contributed by atoms with Crippen molar-refractivity contribution >= 4 is 0 Å². The summed E-state index contributed by atoms with van der Waals surface area (Å²) in [5.74, 6) is 1.37. The van der Waals surface area contributed by atoms with E-state index in [4.69, 9.17) is 5.73 Å². The zero-order chi connectivity index (χ0) is 13.3. The predicted molar refractivity (Wildman–Crippen MR) is 78.9 cm³/mol. The van der Waals surface area contributed by atoms with Gasteiger partial charge in [-0.25, -0.2) is 0 Å². The van der Waals surface area contributed by atoms with E-state index >= 15 is 0 Å². The maximum atomic E-state index is 6.30. The summed E-state index contributed by atoms with van der Waals surface area (Å²) in [6, 6.07) is 9.50. The van der Waals surface area contributed by atoms with Gasteiger partial charge in [0.15, 0.2) is 0 Å². The van der Waals surface area contributed by atoms with Crippen molar-refractivity contribution in [3.8, 4) is 0 Å². The van der Waals surface area contributed by atoms with E-state index in [0.717, 1.165) is 5.92 Å². The average Bonchev–Trinajstić information content (AvgIpc) is 2.31. The van der Waals surface area contributed by atoms with E-state index in [2.05, 4.69) is 52.0 Å². The summed E-state index contributed by atoms with van der Waals surface area (Å²) < 4.78 is 0. The molecule has 2 rings (SSSR count). The minimum Gasteiger partial charge on any atom is -0.327 e. The largest absolute Gasteiger partial charge is 0.327 e. The Balaban J connectivity index is 2.18. The minimum absolute atomic E-state index is 0.237. The number of rotatable bonds is 1. The van der Waals surface area contributed by atoms with Gasteiger partial charge in [0.25, 0.3) is 0 Å². The monoisotopic (exact) mass is 245 g/mol. The zero-order valence-corrected chi connectivity index (χ0v) is 12.2. The molecule has 1 heteroatoms. The van der Waals surface area contributed by atoms with Gasteiger partial charge in [-0.15, -0.1) is 0 Å². The second kappa shape index (κ2) is 5.05. The molecule has 1 aliphatic rings. The van der Waals surface area contributed by atoms with Crippen LogP contribution in [0.15, 0.2) is 24.3 Å². The summed E-state index contributed by atoms with van der Waals surface area (Å²) in [6.45, 7) is 9.13.